The minimum absolute atomic E-state index is 0.507. The highest BCUT2D eigenvalue weighted by atomic mass is 32.1. The predicted molar refractivity (Wildman–Crippen MR) is 86.6 cm³/mol. The first-order valence-electron chi connectivity index (χ1n) is 6.85. The van der Waals surface area contributed by atoms with Crippen LogP contribution in [0.4, 0.5) is 11.1 Å². The summed E-state index contributed by atoms with van der Waals surface area (Å²) < 4.78 is 5.16. The summed E-state index contributed by atoms with van der Waals surface area (Å²) in [5.41, 5.74) is 1.83. The molecule has 0 aliphatic rings. The fraction of sp³-hybridized carbons (Fsp3) is 0.200. The summed E-state index contributed by atoms with van der Waals surface area (Å²) >= 11 is 1.50. The maximum Gasteiger partial charge on any atom is 0.229 e. The first-order valence-corrected chi connectivity index (χ1v) is 7.67. The summed E-state index contributed by atoms with van der Waals surface area (Å²) in [6, 6.07) is 9.60. The van der Waals surface area contributed by atoms with Gasteiger partial charge in [0.15, 0.2) is 0 Å². The Bertz CT molecular complexity index is 757. The number of anilines is 2. The third kappa shape index (κ3) is 3.20. The lowest BCUT2D eigenvalue weighted by molar-refractivity contribution is 0.415. The number of hydrogen-bond donors (Lipinski definition) is 1. The highest BCUT2D eigenvalue weighted by Crippen LogP contribution is 2.23. The van der Waals surface area contributed by atoms with Gasteiger partial charge in [-0.25, -0.2) is 9.97 Å². The monoisotopic (exact) mass is 313 g/mol. The Balaban J connectivity index is 1.82. The van der Waals surface area contributed by atoms with Crippen LogP contribution in [0.1, 0.15) is 11.9 Å². The lowest BCUT2D eigenvalue weighted by Crippen LogP contribution is -1.97. The van der Waals surface area contributed by atoms with Crippen LogP contribution in [0, 0.1) is 0 Å². The molecule has 0 radical (unpaired) electrons. The van der Waals surface area contributed by atoms with Crippen molar-refractivity contribution in [3.63, 3.8) is 0 Å². The van der Waals surface area contributed by atoms with Crippen LogP contribution >= 0.6 is 11.3 Å². The number of aromatic nitrogens is 4. The van der Waals surface area contributed by atoms with Gasteiger partial charge < -0.3 is 4.74 Å². The molecule has 0 amide bonds. The van der Waals surface area contributed by atoms with Gasteiger partial charge in [-0.1, -0.05) is 18.3 Å². The van der Waals surface area contributed by atoms with Gasteiger partial charge in [0, 0.05) is 11.8 Å². The molecule has 3 rings (SSSR count). The lowest BCUT2D eigenvalue weighted by Gasteiger charge is -2.05. The predicted octanol–water partition coefficient (Wildman–Crippen LogP) is 3.31. The standard InChI is InChI=1S/C15H15N5OS/c1-3-13-19-20-15(22-13)18-14-16-9-8-12(17-14)10-4-6-11(21-2)7-5-10/h4-9H,3H2,1-2H3,(H,16,17,18,20). The molecule has 6 nitrogen and oxygen atoms in total. The lowest BCUT2D eigenvalue weighted by atomic mass is 10.1. The zero-order valence-electron chi connectivity index (χ0n) is 12.3. The smallest absolute Gasteiger partial charge is 0.229 e. The van der Waals surface area contributed by atoms with Crippen molar-refractivity contribution in [1.82, 2.24) is 20.2 Å². The van der Waals surface area contributed by atoms with Gasteiger partial charge in [-0.05, 0) is 36.8 Å². The van der Waals surface area contributed by atoms with E-state index < -0.39 is 0 Å². The molecule has 112 valence electrons. The molecule has 0 spiro atoms. The molecular weight excluding hydrogens is 298 g/mol. The number of methoxy groups -OCH3 is 1. The molecule has 0 fully saturated rings. The van der Waals surface area contributed by atoms with E-state index in [1.807, 2.05) is 37.3 Å². The van der Waals surface area contributed by atoms with Gasteiger partial charge >= 0.3 is 0 Å². The van der Waals surface area contributed by atoms with Gasteiger partial charge in [0.25, 0.3) is 0 Å². The van der Waals surface area contributed by atoms with Gasteiger partial charge in [0.2, 0.25) is 11.1 Å². The van der Waals surface area contributed by atoms with E-state index in [1.54, 1.807) is 13.3 Å². The quantitative estimate of drug-likeness (QED) is 0.779. The van der Waals surface area contributed by atoms with Crippen LogP contribution in [-0.2, 0) is 6.42 Å². The maximum atomic E-state index is 5.16. The van der Waals surface area contributed by atoms with E-state index in [0.29, 0.717) is 11.1 Å². The molecule has 1 N–H and O–H groups in total. The summed E-state index contributed by atoms with van der Waals surface area (Å²) in [5.74, 6) is 1.32. The van der Waals surface area contributed by atoms with E-state index in [0.717, 1.165) is 28.4 Å². The fourth-order valence-corrected chi connectivity index (χ4v) is 2.56. The number of benzene rings is 1. The van der Waals surface area contributed by atoms with Crippen molar-refractivity contribution >= 4 is 22.4 Å². The maximum absolute atomic E-state index is 5.16. The molecule has 2 aromatic heterocycles. The van der Waals surface area contributed by atoms with Crippen molar-refractivity contribution in [1.29, 1.82) is 0 Å². The Morgan fingerprint density at radius 2 is 1.95 bits per heavy atom. The van der Waals surface area contributed by atoms with E-state index in [-0.39, 0.29) is 0 Å². The van der Waals surface area contributed by atoms with E-state index in [2.05, 4.69) is 25.5 Å². The second-order valence-corrected chi connectivity index (χ2v) is 5.54. The molecule has 0 unspecified atom stereocenters. The summed E-state index contributed by atoms with van der Waals surface area (Å²) in [4.78, 5) is 8.73. The molecule has 0 bridgehead atoms. The van der Waals surface area contributed by atoms with Gasteiger partial charge in [-0.2, -0.15) is 0 Å². The Kier molecular flexibility index (Phi) is 4.24. The van der Waals surface area contributed by atoms with Crippen molar-refractivity contribution in [2.75, 3.05) is 12.4 Å². The SMILES string of the molecule is CCc1nnc(Nc2nccc(-c3ccc(OC)cc3)n2)s1. The molecular formula is C15H15N5OS. The average Bonchev–Trinajstić information content (AvgIpc) is 3.03. The number of nitrogens with one attached hydrogen (secondary N) is 1. The van der Waals surface area contributed by atoms with E-state index in [4.69, 9.17) is 4.74 Å². The van der Waals surface area contributed by atoms with Gasteiger partial charge in [-0.15, -0.1) is 10.2 Å². The van der Waals surface area contributed by atoms with Crippen LogP contribution in [0.3, 0.4) is 0 Å². The highest BCUT2D eigenvalue weighted by Gasteiger charge is 2.06. The summed E-state index contributed by atoms with van der Waals surface area (Å²) in [6.07, 6.45) is 2.59. The minimum atomic E-state index is 0.507. The zero-order chi connectivity index (χ0) is 15.4. The van der Waals surface area contributed by atoms with Gasteiger partial charge in [0.05, 0.1) is 12.8 Å². The normalized spacial score (nSPS) is 10.5. The second-order valence-electron chi connectivity index (χ2n) is 4.47. The molecule has 1 aromatic carbocycles. The van der Waals surface area contributed by atoms with E-state index in [1.165, 1.54) is 11.3 Å². The summed E-state index contributed by atoms with van der Waals surface area (Å²) in [7, 11) is 1.65. The number of nitrogens with zero attached hydrogens (tertiary/aromatic N) is 4. The molecule has 22 heavy (non-hydrogen) atoms. The summed E-state index contributed by atoms with van der Waals surface area (Å²) in [5, 5.41) is 12.9. The van der Waals surface area contributed by atoms with Gasteiger partial charge in [-0.3, -0.25) is 5.32 Å². The molecule has 2 heterocycles. The van der Waals surface area contributed by atoms with Crippen LogP contribution in [0.5, 0.6) is 5.75 Å². The molecule has 0 saturated carbocycles. The van der Waals surface area contributed by atoms with Crippen molar-refractivity contribution in [3.05, 3.63) is 41.5 Å². The first-order chi connectivity index (χ1) is 10.8. The van der Waals surface area contributed by atoms with E-state index in [9.17, 15) is 0 Å². The molecule has 0 aliphatic heterocycles. The molecule has 0 saturated heterocycles. The number of rotatable bonds is 5. The molecule has 0 aliphatic carbocycles. The fourth-order valence-electron chi connectivity index (χ4n) is 1.88. The van der Waals surface area contributed by atoms with Crippen molar-refractivity contribution in [2.24, 2.45) is 0 Å². The van der Waals surface area contributed by atoms with Crippen LogP contribution in [0.25, 0.3) is 11.3 Å². The average molecular weight is 313 g/mol. The van der Waals surface area contributed by atoms with Crippen LogP contribution in [-0.4, -0.2) is 27.3 Å². The third-order valence-corrected chi connectivity index (χ3v) is 4.01. The van der Waals surface area contributed by atoms with Gasteiger partial charge in [0.1, 0.15) is 10.8 Å². The number of aryl methyl sites for hydroxylation is 1. The topological polar surface area (TPSA) is 72.8 Å². The first kappa shape index (κ1) is 14.4. The second kappa shape index (κ2) is 6.48. The Morgan fingerprint density at radius 3 is 2.64 bits per heavy atom. The molecule has 3 aromatic rings. The van der Waals surface area contributed by atoms with Crippen molar-refractivity contribution < 1.29 is 4.74 Å². The molecule has 7 heteroatoms. The summed E-state index contributed by atoms with van der Waals surface area (Å²) in [6.45, 7) is 2.05. The Morgan fingerprint density at radius 1 is 1.14 bits per heavy atom. The van der Waals surface area contributed by atoms with E-state index >= 15 is 0 Å². The number of hydrogen-bond acceptors (Lipinski definition) is 7. The number of ether oxygens (including phenoxy) is 1. The van der Waals surface area contributed by atoms with Crippen molar-refractivity contribution in [2.45, 2.75) is 13.3 Å². The molecule has 0 atom stereocenters. The highest BCUT2D eigenvalue weighted by molar-refractivity contribution is 7.15. The van der Waals surface area contributed by atoms with Crippen molar-refractivity contribution in [3.8, 4) is 17.0 Å². The minimum Gasteiger partial charge on any atom is -0.497 e. The Labute approximate surface area is 132 Å². The van der Waals surface area contributed by atoms with Crippen LogP contribution in [0.15, 0.2) is 36.5 Å². The third-order valence-electron chi connectivity index (χ3n) is 3.03. The largest absolute Gasteiger partial charge is 0.497 e. The van der Waals surface area contributed by atoms with Crippen LogP contribution in [0.2, 0.25) is 0 Å². The van der Waals surface area contributed by atoms with Crippen LogP contribution < -0.4 is 10.1 Å². The Hall–Kier alpha value is -2.54. The zero-order valence-corrected chi connectivity index (χ0v) is 13.1.